The molecule has 1 heterocycles. The number of hydrogen-bond acceptors (Lipinski definition) is 4. The monoisotopic (exact) mass is 293 g/mol. The highest BCUT2D eigenvalue weighted by Gasteiger charge is 2.31. The maximum Gasteiger partial charge on any atom is 0.345 e. The predicted octanol–water partition coefficient (Wildman–Crippen LogP) is 4.08. The first-order chi connectivity index (χ1) is 9.44. The quantitative estimate of drug-likeness (QED) is 0.788. The van der Waals surface area contributed by atoms with Gasteiger partial charge in [0.1, 0.15) is 0 Å². The van der Waals surface area contributed by atoms with Crippen LogP contribution in [0.3, 0.4) is 0 Å². The molecule has 0 fully saturated rings. The van der Waals surface area contributed by atoms with E-state index in [1.165, 1.54) is 0 Å². The molecule has 1 aliphatic rings. The van der Waals surface area contributed by atoms with Crippen molar-refractivity contribution in [2.75, 3.05) is 12.0 Å². The molecule has 0 unspecified atom stereocenters. The lowest BCUT2D eigenvalue weighted by molar-refractivity contribution is 0.0736. The summed E-state index contributed by atoms with van der Waals surface area (Å²) in [4.78, 5) is 16.4. The molecule has 1 aromatic carbocycles. The third-order valence-electron chi connectivity index (χ3n) is 2.80. The summed E-state index contributed by atoms with van der Waals surface area (Å²) in [6, 6.07) is 5.62. The molecule has 110 valence electrons. The number of fused-ring (bicyclic) bond motifs is 1. The van der Waals surface area contributed by atoms with Gasteiger partial charge >= 0.3 is 5.97 Å². The van der Waals surface area contributed by atoms with Crippen LogP contribution in [0.5, 0.6) is 0 Å². The Morgan fingerprint density at radius 2 is 1.95 bits per heavy atom. The van der Waals surface area contributed by atoms with Crippen LogP contribution < -0.4 is 0 Å². The zero-order chi connectivity index (χ0) is 15.3. The van der Waals surface area contributed by atoms with Crippen LogP contribution in [0.25, 0.3) is 0 Å². The summed E-state index contributed by atoms with van der Waals surface area (Å²) in [6.45, 7) is 10.1. The lowest BCUT2D eigenvalue weighted by Gasteiger charge is -2.18. The topological polar surface area (TPSA) is 38.7 Å². The van der Waals surface area contributed by atoms with Gasteiger partial charge in [-0.2, -0.15) is 11.8 Å². The summed E-state index contributed by atoms with van der Waals surface area (Å²) < 4.78 is 5.30. The summed E-state index contributed by atoms with van der Waals surface area (Å²) in [5, 5.41) is 0. The lowest BCUT2D eigenvalue weighted by atomic mass is 10.0. The highest BCUT2D eigenvalue weighted by molar-refractivity contribution is 7.98. The first kappa shape index (κ1) is 16.8. The second-order valence-corrected chi connectivity index (χ2v) is 5.92. The van der Waals surface area contributed by atoms with E-state index in [0.29, 0.717) is 11.5 Å². The average Bonchev–Trinajstić information content (AvgIpc) is 2.69. The van der Waals surface area contributed by atoms with Gasteiger partial charge < -0.3 is 4.74 Å². The fraction of sp³-hybridized carbons (Fsp3) is 0.500. The van der Waals surface area contributed by atoms with Gasteiger partial charge in [-0.05, 0) is 38.7 Å². The number of carbonyl (C=O) groups excluding carboxylic acids is 1. The SMILES string of the molecule is CC.CSCC(C)(C)N=C1OC(=O)c2cccc(C)c21. The molecule has 0 spiro atoms. The summed E-state index contributed by atoms with van der Waals surface area (Å²) in [5.41, 5.74) is 2.25. The van der Waals surface area contributed by atoms with Gasteiger partial charge in [-0.1, -0.05) is 26.0 Å². The smallest absolute Gasteiger partial charge is 0.345 e. The molecule has 0 saturated carbocycles. The third kappa shape index (κ3) is 3.63. The number of aryl methyl sites for hydroxylation is 1. The van der Waals surface area contributed by atoms with Crippen molar-refractivity contribution in [1.29, 1.82) is 0 Å². The van der Waals surface area contributed by atoms with Crippen molar-refractivity contribution in [3.05, 3.63) is 34.9 Å². The van der Waals surface area contributed by atoms with E-state index in [9.17, 15) is 4.79 Å². The molecule has 2 rings (SSSR count). The molecule has 0 atom stereocenters. The maximum atomic E-state index is 11.8. The third-order valence-corrected chi connectivity index (χ3v) is 3.79. The Bertz CT molecular complexity index is 521. The van der Waals surface area contributed by atoms with Crippen molar-refractivity contribution in [2.24, 2.45) is 4.99 Å². The summed E-state index contributed by atoms with van der Waals surface area (Å²) in [5.74, 6) is 1.05. The fourth-order valence-electron chi connectivity index (χ4n) is 2.05. The lowest BCUT2D eigenvalue weighted by Crippen LogP contribution is -2.23. The maximum absolute atomic E-state index is 11.8. The van der Waals surface area contributed by atoms with E-state index in [1.807, 2.05) is 53.0 Å². The van der Waals surface area contributed by atoms with E-state index in [1.54, 1.807) is 17.8 Å². The molecule has 0 aromatic heterocycles. The van der Waals surface area contributed by atoms with E-state index in [4.69, 9.17) is 4.74 Å². The number of hydrogen-bond donors (Lipinski definition) is 0. The molecule has 0 amide bonds. The highest BCUT2D eigenvalue weighted by Crippen LogP contribution is 2.26. The average molecular weight is 293 g/mol. The number of ether oxygens (including phenoxy) is 1. The summed E-state index contributed by atoms with van der Waals surface area (Å²) in [6.07, 6.45) is 2.04. The van der Waals surface area contributed by atoms with Crippen LogP contribution in [0.15, 0.2) is 23.2 Å². The van der Waals surface area contributed by atoms with Gasteiger partial charge in [0.25, 0.3) is 0 Å². The van der Waals surface area contributed by atoms with Gasteiger partial charge in [0.2, 0.25) is 5.90 Å². The molecule has 4 heteroatoms. The first-order valence-corrected chi connectivity index (χ1v) is 8.25. The number of carbonyl (C=O) groups is 1. The molecular formula is C16H23NO2S. The van der Waals surface area contributed by atoms with Gasteiger partial charge in [0, 0.05) is 5.75 Å². The minimum Gasteiger partial charge on any atom is -0.404 e. The standard InChI is InChI=1S/C14H17NO2S.C2H6/c1-9-6-5-7-10-11(9)12(17-13(10)16)15-14(2,3)8-18-4;1-2/h5-7H,8H2,1-4H3;1-2H3. The van der Waals surface area contributed by atoms with E-state index in [0.717, 1.165) is 16.9 Å². The van der Waals surface area contributed by atoms with Crippen molar-refractivity contribution in [3.63, 3.8) is 0 Å². The molecule has 20 heavy (non-hydrogen) atoms. The second kappa shape index (κ2) is 6.93. The minimum atomic E-state index is -0.299. The Balaban J connectivity index is 0.000000956. The van der Waals surface area contributed by atoms with Crippen molar-refractivity contribution < 1.29 is 9.53 Å². The molecule has 1 aromatic rings. The van der Waals surface area contributed by atoms with E-state index >= 15 is 0 Å². The van der Waals surface area contributed by atoms with Gasteiger partial charge in [0.15, 0.2) is 0 Å². The Labute approximate surface area is 125 Å². The molecular weight excluding hydrogens is 270 g/mol. The highest BCUT2D eigenvalue weighted by atomic mass is 32.2. The number of nitrogens with zero attached hydrogens (tertiary/aromatic N) is 1. The zero-order valence-corrected chi connectivity index (χ0v) is 13.9. The molecule has 0 bridgehead atoms. The first-order valence-electron chi connectivity index (χ1n) is 6.85. The van der Waals surface area contributed by atoms with Gasteiger partial charge in [-0.3, -0.25) is 0 Å². The van der Waals surface area contributed by atoms with Crippen molar-refractivity contribution in [2.45, 2.75) is 40.2 Å². The number of esters is 1. The number of thioether (sulfide) groups is 1. The van der Waals surface area contributed by atoms with Gasteiger partial charge in [-0.25, -0.2) is 9.79 Å². The van der Waals surface area contributed by atoms with Crippen LogP contribution >= 0.6 is 11.8 Å². The van der Waals surface area contributed by atoms with Crippen LogP contribution in [0.4, 0.5) is 0 Å². The molecule has 0 saturated heterocycles. The molecule has 0 N–H and O–H groups in total. The molecule has 1 aliphatic heterocycles. The normalized spacial score (nSPS) is 15.5. The van der Waals surface area contributed by atoms with E-state index in [-0.39, 0.29) is 11.5 Å². The van der Waals surface area contributed by atoms with Crippen LogP contribution in [0, 0.1) is 6.92 Å². The number of aliphatic imine (C=N–C) groups is 1. The Morgan fingerprint density at radius 1 is 1.30 bits per heavy atom. The molecule has 0 aliphatic carbocycles. The van der Waals surface area contributed by atoms with Crippen molar-refractivity contribution in [1.82, 2.24) is 0 Å². The van der Waals surface area contributed by atoms with Crippen LogP contribution in [-0.2, 0) is 4.74 Å². The zero-order valence-electron chi connectivity index (χ0n) is 13.1. The largest absolute Gasteiger partial charge is 0.404 e. The van der Waals surface area contributed by atoms with E-state index < -0.39 is 0 Å². The van der Waals surface area contributed by atoms with Crippen LogP contribution in [0.2, 0.25) is 0 Å². The van der Waals surface area contributed by atoms with Crippen molar-refractivity contribution >= 4 is 23.6 Å². The Kier molecular flexibility index (Phi) is 5.81. The molecule has 0 radical (unpaired) electrons. The Morgan fingerprint density at radius 3 is 2.55 bits per heavy atom. The summed E-state index contributed by atoms with van der Waals surface area (Å²) in [7, 11) is 0. The molecule has 3 nitrogen and oxygen atoms in total. The number of cyclic esters (lactones) is 1. The van der Waals surface area contributed by atoms with Gasteiger partial charge in [-0.15, -0.1) is 0 Å². The van der Waals surface area contributed by atoms with Crippen LogP contribution in [0.1, 0.15) is 49.2 Å². The fourth-order valence-corrected chi connectivity index (χ4v) is 2.83. The number of rotatable bonds is 3. The van der Waals surface area contributed by atoms with Crippen LogP contribution in [-0.4, -0.2) is 29.4 Å². The minimum absolute atomic E-state index is 0.237. The Hall–Kier alpha value is -1.29. The second-order valence-electron chi connectivity index (χ2n) is 5.05. The number of benzene rings is 1. The predicted molar refractivity (Wildman–Crippen MR) is 86.9 cm³/mol. The van der Waals surface area contributed by atoms with E-state index in [2.05, 4.69) is 4.99 Å². The van der Waals surface area contributed by atoms with Crippen molar-refractivity contribution in [3.8, 4) is 0 Å². The van der Waals surface area contributed by atoms with Gasteiger partial charge in [0.05, 0.1) is 16.7 Å². The summed E-state index contributed by atoms with van der Waals surface area (Å²) >= 11 is 1.73.